The second-order valence-corrected chi connectivity index (χ2v) is 8.09. The van der Waals surface area contributed by atoms with Crippen LogP contribution in [0.25, 0.3) is 16.3 Å². The quantitative estimate of drug-likeness (QED) is 0.446. The van der Waals surface area contributed by atoms with Gasteiger partial charge in [-0.2, -0.15) is 0 Å². The Kier molecular flexibility index (Phi) is 4.32. The average Bonchev–Trinajstić information content (AvgIpc) is 2.64. The van der Waals surface area contributed by atoms with Crippen LogP contribution >= 0.6 is 11.6 Å². The van der Waals surface area contributed by atoms with Crippen LogP contribution in [0.4, 0.5) is 11.4 Å². The minimum Gasteiger partial charge on any atom is -0.365 e. The van der Waals surface area contributed by atoms with Crippen LogP contribution in [0, 0.1) is 0 Å². The SMILES string of the molecule is CC1=CC(C)(C)N(C)c2cc(Cl)c(C=Nc3cccc4ccccc34)cc21. The largest absolute Gasteiger partial charge is 0.365 e. The van der Waals surface area contributed by atoms with E-state index in [0.717, 1.165) is 27.3 Å². The number of hydrogen-bond donors (Lipinski definition) is 0. The molecule has 3 aromatic rings. The van der Waals surface area contributed by atoms with Gasteiger partial charge >= 0.3 is 0 Å². The van der Waals surface area contributed by atoms with Crippen LogP contribution in [0.15, 0.2) is 65.7 Å². The number of anilines is 1. The van der Waals surface area contributed by atoms with Gasteiger partial charge in [0, 0.05) is 35.5 Å². The van der Waals surface area contributed by atoms with Gasteiger partial charge in [-0.25, -0.2) is 0 Å². The minimum absolute atomic E-state index is 0.0288. The number of benzene rings is 3. The van der Waals surface area contributed by atoms with E-state index in [-0.39, 0.29) is 5.54 Å². The third kappa shape index (κ3) is 3.15. The highest BCUT2D eigenvalue weighted by atomic mass is 35.5. The van der Waals surface area contributed by atoms with Gasteiger partial charge in [-0.05, 0) is 49.9 Å². The Morgan fingerprint density at radius 1 is 1.04 bits per heavy atom. The molecular formula is C24H23ClN2. The van der Waals surface area contributed by atoms with Crippen molar-refractivity contribution in [2.24, 2.45) is 4.99 Å². The first kappa shape index (κ1) is 17.8. The number of nitrogens with zero attached hydrogens (tertiary/aromatic N) is 2. The lowest BCUT2D eigenvalue weighted by Crippen LogP contribution is -2.42. The van der Waals surface area contributed by atoms with Gasteiger partial charge in [0.25, 0.3) is 0 Å². The topological polar surface area (TPSA) is 15.6 Å². The lowest BCUT2D eigenvalue weighted by Gasteiger charge is -2.40. The molecular weight excluding hydrogens is 352 g/mol. The Morgan fingerprint density at radius 3 is 2.59 bits per heavy atom. The first-order valence-corrected chi connectivity index (χ1v) is 9.54. The van der Waals surface area contributed by atoms with Crippen molar-refractivity contribution in [3.05, 3.63) is 76.8 Å². The van der Waals surface area contributed by atoms with Crippen molar-refractivity contribution in [1.82, 2.24) is 0 Å². The molecule has 1 heterocycles. The molecule has 1 aliphatic heterocycles. The van der Waals surface area contributed by atoms with E-state index in [1.54, 1.807) is 0 Å². The van der Waals surface area contributed by atoms with Gasteiger partial charge in [0.1, 0.15) is 0 Å². The summed E-state index contributed by atoms with van der Waals surface area (Å²) in [5, 5.41) is 3.05. The molecule has 1 aliphatic rings. The molecule has 4 rings (SSSR count). The molecule has 0 spiro atoms. The van der Waals surface area contributed by atoms with Crippen LogP contribution in [0.5, 0.6) is 0 Å². The molecule has 0 saturated heterocycles. The van der Waals surface area contributed by atoms with E-state index in [4.69, 9.17) is 16.6 Å². The van der Waals surface area contributed by atoms with Gasteiger partial charge in [-0.1, -0.05) is 54.1 Å². The number of hydrogen-bond acceptors (Lipinski definition) is 2. The molecule has 0 fully saturated rings. The fourth-order valence-electron chi connectivity index (χ4n) is 3.75. The summed E-state index contributed by atoms with van der Waals surface area (Å²) in [4.78, 5) is 7.02. The second kappa shape index (κ2) is 6.54. The number of fused-ring (bicyclic) bond motifs is 2. The van der Waals surface area contributed by atoms with Crippen molar-refractivity contribution >= 4 is 45.5 Å². The Hall–Kier alpha value is -2.58. The minimum atomic E-state index is -0.0288. The molecule has 0 bridgehead atoms. The predicted octanol–water partition coefficient (Wildman–Crippen LogP) is 6.88. The number of aliphatic imine (C=N–C) groups is 1. The van der Waals surface area contributed by atoms with Crippen LogP contribution in [-0.4, -0.2) is 18.8 Å². The summed E-state index contributed by atoms with van der Waals surface area (Å²) in [6.07, 6.45) is 4.17. The van der Waals surface area contributed by atoms with Crippen molar-refractivity contribution in [2.75, 3.05) is 11.9 Å². The van der Waals surface area contributed by atoms with E-state index in [2.05, 4.69) is 69.1 Å². The van der Waals surface area contributed by atoms with E-state index < -0.39 is 0 Å². The normalized spacial score (nSPS) is 15.9. The van der Waals surface area contributed by atoms with Gasteiger partial charge in [-0.15, -0.1) is 0 Å². The van der Waals surface area contributed by atoms with E-state index in [0.29, 0.717) is 0 Å². The zero-order chi connectivity index (χ0) is 19.2. The summed E-state index contributed by atoms with van der Waals surface area (Å²) in [6.45, 7) is 6.58. The third-order valence-electron chi connectivity index (χ3n) is 5.44. The summed E-state index contributed by atoms with van der Waals surface area (Å²) in [6, 6.07) is 18.7. The molecule has 0 saturated carbocycles. The number of allylic oxidation sites excluding steroid dienone is 1. The third-order valence-corrected chi connectivity index (χ3v) is 5.77. The van der Waals surface area contributed by atoms with Gasteiger partial charge in [0.15, 0.2) is 0 Å². The summed E-state index contributed by atoms with van der Waals surface area (Å²) >= 11 is 6.61. The number of halogens is 1. The highest BCUT2D eigenvalue weighted by Gasteiger charge is 2.29. The van der Waals surface area contributed by atoms with E-state index in [9.17, 15) is 0 Å². The fourth-order valence-corrected chi connectivity index (χ4v) is 3.95. The summed E-state index contributed by atoms with van der Waals surface area (Å²) in [5.74, 6) is 0. The second-order valence-electron chi connectivity index (χ2n) is 7.69. The van der Waals surface area contributed by atoms with Gasteiger partial charge in [-0.3, -0.25) is 4.99 Å². The summed E-state index contributed by atoms with van der Waals surface area (Å²) in [7, 11) is 2.11. The van der Waals surface area contributed by atoms with Crippen molar-refractivity contribution in [3.8, 4) is 0 Å². The van der Waals surface area contributed by atoms with Crippen molar-refractivity contribution < 1.29 is 0 Å². The number of rotatable bonds is 2. The molecule has 0 radical (unpaired) electrons. The molecule has 0 N–H and O–H groups in total. The lowest BCUT2D eigenvalue weighted by atomic mass is 9.88. The maximum absolute atomic E-state index is 6.61. The first-order valence-electron chi connectivity index (χ1n) is 9.16. The molecule has 136 valence electrons. The molecule has 2 nitrogen and oxygen atoms in total. The summed E-state index contributed by atoms with van der Waals surface area (Å²) < 4.78 is 0. The Balaban J connectivity index is 1.78. The zero-order valence-corrected chi connectivity index (χ0v) is 16.9. The van der Waals surface area contributed by atoms with Crippen LogP contribution in [0.2, 0.25) is 5.02 Å². The Bertz CT molecular complexity index is 1090. The Labute approximate surface area is 165 Å². The molecule has 0 aliphatic carbocycles. The lowest BCUT2D eigenvalue weighted by molar-refractivity contribution is 0.598. The highest BCUT2D eigenvalue weighted by molar-refractivity contribution is 6.33. The van der Waals surface area contributed by atoms with Crippen LogP contribution in [0.1, 0.15) is 31.9 Å². The van der Waals surface area contributed by atoms with Crippen LogP contribution in [0.3, 0.4) is 0 Å². The fraction of sp³-hybridized carbons (Fsp3) is 0.208. The van der Waals surface area contributed by atoms with Crippen molar-refractivity contribution in [3.63, 3.8) is 0 Å². The maximum atomic E-state index is 6.61. The first-order chi connectivity index (χ1) is 12.9. The van der Waals surface area contributed by atoms with Crippen molar-refractivity contribution in [2.45, 2.75) is 26.3 Å². The van der Waals surface area contributed by atoms with Gasteiger partial charge in [0.05, 0.1) is 16.2 Å². The molecule has 27 heavy (non-hydrogen) atoms. The monoisotopic (exact) mass is 374 g/mol. The smallest absolute Gasteiger partial charge is 0.0708 e. The maximum Gasteiger partial charge on any atom is 0.0708 e. The van der Waals surface area contributed by atoms with Crippen LogP contribution < -0.4 is 4.90 Å². The van der Waals surface area contributed by atoms with E-state index in [1.807, 2.05) is 30.5 Å². The van der Waals surface area contributed by atoms with E-state index in [1.165, 1.54) is 16.5 Å². The molecule has 3 heteroatoms. The Morgan fingerprint density at radius 2 is 1.78 bits per heavy atom. The average molecular weight is 375 g/mol. The molecule has 0 atom stereocenters. The molecule has 0 unspecified atom stereocenters. The predicted molar refractivity (Wildman–Crippen MR) is 119 cm³/mol. The highest BCUT2D eigenvalue weighted by Crippen LogP contribution is 2.40. The molecule has 0 aromatic heterocycles. The number of likely N-dealkylation sites (N-methyl/N-ethyl adjacent to an activating group) is 1. The molecule has 0 amide bonds. The van der Waals surface area contributed by atoms with Gasteiger partial charge in [0.2, 0.25) is 0 Å². The van der Waals surface area contributed by atoms with Gasteiger partial charge < -0.3 is 4.90 Å². The standard InChI is InChI=1S/C24H23ClN2/c1-16-14-24(2,3)27(4)23-13-21(25)18(12-20(16)23)15-26-22-11-7-9-17-8-5-6-10-19(17)22/h5-15H,1-4H3. The zero-order valence-electron chi connectivity index (χ0n) is 16.1. The summed E-state index contributed by atoms with van der Waals surface area (Å²) in [5.41, 5.74) is 5.49. The molecule has 3 aromatic carbocycles. The van der Waals surface area contributed by atoms with E-state index >= 15 is 0 Å². The van der Waals surface area contributed by atoms with Crippen LogP contribution in [-0.2, 0) is 0 Å². The van der Waals surface area contributed by atoms with Crippen molar-refractivity contribution in [1.29, 1.82) is 0 Å².